The van der Waals surface area contributed by atoms with E-state index in [0.29, 0.717) is 37.7 Å². The Hall–Kier alpha value is -2.26. The van der Waals surface area contributed by atoms with Crippen LogP contribution in [0.5, 0.6) is 0 Å². The van der Waals surface area contributed by atoms with Crippen molar-refractivity contribution in [1.82, 2.24) is 30.7 Å². The molecule has 0 bridgehead atoms. The van der Waals surface area contributed by atoms with Crippen LogP contribution in [0.2, 0.25) is 0 Å². The van der Waals surface area contributed by atoms with Crippen LogP contribution in [0.25, 0.3) is 0 Å². The molecular weight excluding hydrogens is 458 g/mol. The van der Waals surface area contributed by atoms with Crippen molar-refractivity contribution >= 4 is 6.09 Å². The van der Waals surface area contributed by atoms with Crippen LogP contribution >= 0.6 is 0 Å². The minimum Gasteiger partial charge on any atom is -0.445 e. The largest absolute Gasteiger partial charge is 0.445 e. The van der Waals surface area contributed by atoms with E-state index in [-0.39, 0.29) is 37.7 Å². The Kier molecular flexibility index (Phi) is 8.36. The summed E-state index contributed by atoms with van der Waals surface area (Å²) in [4.78, 5) is 19.4. The number of nitrogens with zero attached hydrogens (tertiary/aromatic N) is 4. The smallest absolute Gasteiger partial charge is 0.410 e. The van der Waals surface area contributed by atoms with E-state index in [4.69, 9.17) is 9.47 Å². The van der Waals surface area contributed by atoms with Crippen molar-refractivity contribution in [2.24, 2.45) is 5.92 Å². The third-order valence-electron chi connectivity index (χ3n) is 8.16. The van der Waals surface area contributed by atoms with Gasteiger partial charge in [0.15, 0.2) is 6.35 Å². The molecule has 3 N–H and O–H groups in total. The van der Waals surface area contributed by atoms with E-state index in [0.717, 1.165) is 31.7 Å². The maximum absolute atomic E-state index is 12.9. The Labute approximate surface area is 213 Å². The fraction of sp³-hybridized carbons (Fsp3) is 0.692. The quantitative estimate of drug-likeness (QED) is 0.503. The predicted molar refractivity (Wildman–Crippen MR) is 135 cm³/mol. The van der Waals surface area contributed by atoms with E-state index < -0.39 is 0 Å². The maximum atomic E-state index is 12.9. The number of nitriles is 1. The average molecular weight is 498 g/mol. The van der Waals surface area contributed by atoms with Gasteiger partial charge in [-0.25, -0.2) is 4.79 Å². The van der Waals surface area contributed by atoms with Gasteiger partial charge in [-0.2, -0.15) is 5.26 Å². The van der Waals surface area contributed by atoms with E-state index in [1.165, 1.54) is 12.8 Å². The molecule has 1 aromatic carbocycles. The Morgan fingerprint density at radius 2 is 2.00 bits per heavy atom. The van der Waals surface area contributed by atoms with Gasteiger partial charge in [0, 0.05) is 50.7 Å². The summed E-state index contributed by atoms with van der Waals surface area (Å²) in [5, 5.41) is 20.4. The first-order chi connectivity index (χ1) is 17.6. The van der Waals surface area contributed by atoms with Crippen LogP contribution in [0.3, 0.4) is 0 Å². The Bertz CT molecular complexity index is 913. The maximum Gasteiger partial charge on any atom is 0.410 e. The lowest BCUT2D eigenvalue weighted by Gasteiger charge is -2.49. The highest BCUT2D eigenvalue weighted by molar-refractivity contribution is 5.68. The number of carbonyl (C=O) groups excluding carboxylic acids is 1. The predicted octanol–water partition coefficient (Wildman–Crippen LogP) is 0.724. The molecule has 4 saturated heterocycles. The van der Waals surface area contributed by atoms with Crippen LogP contribution in [-0.4, -0.2) is 104 Å². The number of rotatable bonds is 7. The van der Waals surface area contributed by atoms with Crippen molar-refractivity contribution < 1.29 is 14.3 Å². The Morgan fingerprint density at radius 3 is 2.78 bits per heavy atom. The zero-order valence-electron chi connectivity index (χ0n) is 21.1. The molecule has 36 heavy (non-hydrogen) atoms. The average Bonchev–Trinajstić information content (AvgIpc) is 3.55. The van der Waals surface area contributed by atoms with Crippen molar-refractivity contribution in [3.8, 4) is 6.07 Å². The number of piperazine rings is 1. The number of hydrogen-bond acceptors (Lipinski definition) is 9. The second-order valence-corrected chi connectivity index (χ2v) is 10.4. The van der Waals surface area contributed by atoms with Gasteiger partial charge in [-0.15, -0.1) is 0 Å². The van der Waals surface area contributed by atoms with E-state index in [2.05, 4.69) is 38.9 Å². The van der Waals surface area contributed by atoms with Gasteiger partial charge < -0.3 is 24.6 Å². The van der Waals surface area contributed by atoms with Crippen LogP contribution in [0.15, 0.2) is 30.3 Å². The van der Waals surface area contributed by atoms with E-state index in [1.807, 2.05) is 30.3 Å². The molecule has 5 unspecified atom stereocenters. The van der Waals surface area contributed by atoms with Gasteiger partial charge in [-0.05, 0) is 32.0 Å². The lowest BCUT2D eigenvalue weighted by atomic mass is 9.95. The van der Waals surface area contributed by atoms with Gasteiger partial charge in [0.05, 0.1) is 31.3 Å². The first kappa shape index (κ1) is 25.4. The third-order valence-corrected chi connectivity index (χ3v) is 8.16. The van der Waals surface area contributed by atoms with Crippen molar-refractivity contribution in [3.05, 3.63) is 35.9 Å². The molecule has 1 aromatic rings. The lowest BCUT2D eigenvalue weighted by Crippen LogP contribution is -2.71. The van der Waals surface area contributed by atoms with E-state index in [1.54, 1.807) is 4.90 Å². The molecular formula is C26H39N7O3. The molecule has 4 heterocycles. The molecule has 5 rings (SSSR count). The molecule has 4 aliphatic heterocycles. The number of fused-ring (bicyclic) bond motifs is 1. The number of likely N-dealkylation sites (tertiary alicyclic amines) is 1. The summed E-state index contributed by atoms with van der Waals surface area (Å²) in [6, 6.07) is 12.6. The van der Waals surface area contributed by atoms with Crippen molar-refractivity contribution in [1.29, 1.82) is 5.26 Å². The topological polar surface area (TPSA) is 105 Å². The minimum absolute atomic E-state index is 0.112. The van der Waals surface area contributed by atoms with E-state index >= 15 is 0 Å². The zero-order valence-corrected chi connectivity index (χ0v) is 21.1. The van der Waals surface area contributed by atoms with Crippen molar-refractivity contribution in [2.45, 2.75) is 56.5 Å². The molecule has 0 saturated carbocycles. The van der Waals surface area contributed by atoms with Gasteiger partial charge in [-0.3, -0.25) is 15.5 Å². The van der Waals surface area contributed by atoms with Gasteiger partial charge >= 0.3 is 6.09 Å². The molecule has 4 aliphatic rings. The van der Waals surface area contributed by atoms with Crippen molar-refractivity contribution in [3.63, 3.8) is 0 Å². The lowest BCUT2D eigenvalue weighted by molar-refractivity contribution is -0.0892. The Morgan fingerprint density at radius 1 is 1.14 bits per heavy atom. The second-order valence-electron chi connectivity index (χ2n) is 10.4. The highest BCUT2D eigenvalue weighted by Gasteiger charge is 2.45. The van der Waals surface area contributed by atoms with Crippen molar-refractivity contribution in [2.75, 3.05) is 52.9 Å². The molecule has 0 aromatic heterocycles. The number of hydrogen-bond donors (Lipinski definition) is 3. The third kappa shape index (κ3) is 5.83. The summed E-state index contributed by atoms with van der Waals surface area (Å²) in [6.07, 6.45) is 2.24. The zero-order chi connectivity index (χ0) is 24.9. The van der Waals surface area contributed by atoms with Gasteiger partial charge in [0.25, 0.3) is 0 Å². The fourth-order valence-corrected chi connectivity index (χ4v) is 6.06. The molecule has 0 aliphatic carbocycles. The van der Waals surface area contributed by atoms with Crippen LogP contribution in [0.4, 0.5) is 4.79 Å². The number of likely N-dealkylation sites (N-methyl/N-ethyl adjacent to an activating group) is 1. The summed E-state index contributed by atoms with van der Waals surface area (Å²) < 4.78 is 11.9. The molecule has 6 atom stereocenters. The number of nitrogens with one attached hydrogen (secondary N) is 3. The highest BCUT2D eigenvalue weighted by Crippen LogP contribution is 2.26. The number of amides is 1. The molecule has 0 radical (unpaired) electrons. The Balaban J connectivity index is 1.20. The highest BCUT2D eigenvalue weighted by atomic mass is 16.6. The summed E-state index contributed by atoms with van der Waals surface area (Å²) >= 11 is 0. The van der Waals surface area contributed by atoms with Crippen LogP contribution in [-0.2, 0) is 16.1 Å². The summed E-state index contributed by atoms with van der Waals surface area (Å²) in [5.41, 5.74) is 0.954. The van der Waals surface area contributed by atoms with E-state index in [9.17, 15) is 10.1 Å². The van der Waals surface area contributed by atoms with Crippen LogP contribution < -0.4 is 16.0 Å². The summed E-state index contributed by atoms with van der Waals surface area (Å²) in [7, 11) is 2.17. The molecule has 0 spiro atoms. The molecule has 10 nitrogen and oxygen atoms in total. The molecule has 1 amide bonds. The fourth-order valence-electron chi connectivity index (χ4n) is 6.06. The summed E-state index contributed by atoms with van der Waals surface area (Å²) in [5.74, 6) is 0.387. The first-order valence-electron chi connectivity index (χ1n) is 13.3. The SMILES string of the molecule is CN1CCC[C@H]1COC1NC2CNCC2C(N2CCN(C(=O)OCc3ccccc3)C(CC#N)C2)N1. The number of benzene rings is 1. The minimum atomic E-state index is -0.348. The van der Waals surface area contributed by atoms with Crippen LogP contribution in [0.1, 0.15) is 24.8 Å². The number of carbonyl (C=O) groups is 1. The van der Waals surface area contributed by atoms with Gasteiger partial charge in [0.1, 0.15) is 6.61 Å². The van der Waals surface area contributed by atoms with Gasteiger partial charge in [-0.1, -0.05) is 30.3 Å². The second kappa shape index (κ2) is 11.9. The first-order valence-corrected chi connectivity index (χ1v) is 13.3. The normalized spacial score (nSPS) is 33.3. The molecule has 10 heteroatoms. The van der Waals surface area contributed by atoms with Crippen LogP contribution in [0, 0.1) is 17.2 Å². The summed E-state index contributed by atoms with van der Waals surface area (Å²) in [6.45, 7) is 5.81. The van der Waals surface area contributed by atoms with Gasteiger partial charge in [0.2, 0.25) is 0 Å². The molecule has 196 valence electrons. The molecule has 4 fully saturated rings. The monoisotopic (exact) mass is 497 g/mol. The standard InChI is InChI=1S/C26H39N7O3/c1-31-11-5-8-21(31)18-35-25-29-23-15-28-14-22(23)24(30-25)32-12-13-33(20(16-32)9-10-27)26(34)36-17-19-6-3-2-4-7-19/h2-4,6-7,20-25,28-30H,5,8-9,11-18H2,1H3/t20?,21-,22?,23?,24?,25?/m0/s1. The number of ether oxygens (including phenoxy) is 2.